The Bertz CT molecular complexity index is 285. The van der Waals surface area contributed by atoms with Crippen LogP contribution in [0.3, 0.4) is 0 Å². The minimum Gasteiger partial charge on any atom is -0.445 e. The molecule has 13 heavy (non-hydrogen) atoms. The van der Waals surface area contributed by atoms with Crippen LogP contribution in [0.15, 0.2) is 24.3 Å². The van der Waals surface area contributed by atoms with Gasteiger partial charge in [-0.05, 0) is 5.56 Å². The van der Waals surface area contributed by atoms with Gasteiger partial charge in [0.2, 0.25) is 0 Å². The molecule has 0 aliphatic heterocycles. The molecule has 1 rings (SSSR count). The monoisotopic (exact) mass is 189 g/mol. The number of methoxy groups -OCH3 is 1. The molecule has 0 atom stereocenters. The molecule has 1 aromatic carbocycles. The van der Waals surface area contributed by atoms with Crippen LogP contribution in [0, 0.1) is 0 Å². The summed E-state index contributed by atoms with van der Waals surface area (Å²) in [6.07, 6.45) is 0. The second kappa shape index (κ2) is 3.83. The Morgan fingerprint density at radius 3 is 2.54 bits per heavy atom. The third-order valence-electron chi connectivity index (χ3n) is 1.64. The van der Waals surface area contributed by atoms with E-state index >= 15 is 0 Å². The summed E-state index contributed by atoms with van der Waals surface area (Å²) in [4.78, 5) is 0. The fraction of sp³-hybridized carbons (Fsp3) is 0.250. The molecule has 0 aliphatic carbocycles. The largest absolute Gasteiger partial charge is 0.509 e. The molecule has 0 fully saturated rings. The summed E-state index contributed by atoms with van der Waals surface area (Å²) in [5.41, 5.74) is -0.0336. The highest BCUT2D eigenvalue weighted by Crippen LogP contribution is 2.10. The highest BCUT2D eigenvalue weighted by molar-refractivity contribution is 6.73. The second-order valence-electron chi connectivity index (χ2n) is 2.75. The average molecular weight is 189 g/mol. The van der Waals surface area contributed by atoms with Gasteiger partial charge in [0.1, 0.15) is 0 Å². The maximum Gasteiger partial charge on any atom is 0.509 e. The molecule has 0 spiro atoms. The van der Waals surface area contributed by atoms with Crippen molar-refractivity contribution in [3.8, 4) is 0 Å². The molecule has 0 aliphatic rings. The molecule has 72 valence electrons. The number of halogens is 3. The van der Waals surface area contributed by atoms with E-state index in [9.17, 15) is 12.9 Å². The van der Waals surface area contributed by atoms with Gasteiger partial charge >= 0.3 is 6.98 Å². The molecule has 0 heterocycles. The minimum absolute atomic E-state index is 0.208. The molecular formula is C8H9BF3O-. The van der Waals surface area contributed by atoms with Crippen molar-refractivity contribution in [3.05, 3.63) is 29.8 Å². The fourth-order valence-corrected chi connectivity index (χ4v) is 1.05. The van der Waals surface area contributed by atoms with Crippen molar-refractivity contribution in [2.24, 2.45) is 0 Å². The second-order valence-corrected chi connectivity index (χ2v) is 2.75. The number of hydrogen-bond acceptors (Lipinski definition) is 1. The van der Waals surface area contributed by atoms with Gasteiger partial charge in [0, 0.05) is 7.11 Å². The predicted octanol–water partition coefficient (Wildman–Crippen LogP) is 1.89. The maximum atomic E-state index is 12.2. The number of ether oxygens (including phenoxy) is 1. The van der Waals surface area contributed by atoms with Gasteiger partial charge in [-0.2, -0.15) is 0 Å². The Morgan fingerprint density at radius 1 is 1.31 bits per heavy atom. The van der Waals surface area contributed by atoms with E-state index in [-0.39, 0.29) is 6.61 Å². The summed E-state index contributed by atoms with van der Waals surface area (Å²) in [5, 5.41) is 0. The van der Waals surface area contributed by atoms with Crippen LogP contribution in [0.1, 0.15) is 5.56 Å². The van der Waals surface area contributed by atoms with E-state index in [1.807, 2.05) is 0 Å². The molecule has 0 N–H and O–H groups in total. The third-order valence-corrected chi connectivity index (χ3v) is 1.64. The number of hydrogen-bond donors (Lipinski definition) is 0. The highest BCUT2D eigenvalue weighted by Gasteiger charge is 2.25. The molecule has 5 heteroatoms. The standard InChI is InChI=1S/C8H9BF3O/c1-13-6-7-3-2-4-8(5-7)9(10,11)12/h2-5H,6H2,1H3/q-1. The first kappa shape index (κ1) is 10.1. The SMILES string of the molecule is COCc1cccc([B-](F)(F)F)c1. The zero-order valence-corrected chi connectivity index (χ0v) is 7.14. The van der Waals surface area contributed by atoms with Crippen molar-refractivity contribution in [3.63, 3.8) is 0 Å². The molecule has 0 saturated heterocycles. The number of benzene rings is 1. The lowest BCUT2D eigenvalue weighted by molar-refractivity contribution is 0.185. The Balaban J connectivity index is 2.92. The Kier molecular flexibility index (Phi) is 2.98. The quantitative estimate of drug-likeness (QED) is 0.659. The summed E-state index contributed by atoms with van der Waals surface area (Å²) in [5.74, 6) is 0. The van der Waals surface area contributed by atoms with Crippen molar-refractivity contribution in [1.29, 1.82) is 0 Å². The molecule has 0 unspecified atom stereocenters. The van der Waals surface area contributed by atoms with Crippen LogP contribution in [0.5, 0.6) is 0 Å². The Morgan fingerprint density at radius 2 is 2.00 bits per heavy atom. The molecule has 0 saturated carbocycles. The molecule has 1 nitrogen and oxygen atoms in total. The van der Waals surface area contributed by atoms with Crippen LogP contribution < -0.4 is 5.46 Å². The summed E-state index contributed by atoms with van der Waals surface area (Å²) in [6, 6.07) is 5.18. The van der Waals surface area contributed by atoms with Gasteiger partial charge in [-0.25, -0.2) is 0 Å². The topological polar surface area (TPSA) is 9.23 Å². The molecule has 1 aromatic rings. The zero-order valence-electron chi connectivity index (χ0n) is 7.14. The first-order chi connectivity index (χ1) is 6.04. The maximum absolute atomic E-state index is 12.2. The van der Waals surface area contributed by atoms with Gasteiger partial charge in [-0.1, -0.05) is 24.3 Å². The van der Waals surface area contributed by atoms with Gasteiger partial charge in [0.05, 0.1) is 6.61 Å². The van der Waals surface area contributed by atoms with Gasteiger partial charge < -0.3 is 17.7 Å². The molecule has 0 bridgehead atoms. The first-order valence-corrected chi connectivity index (χ1v) is 3.82. The first-order valence-electron chi connectivity index (χ1n) is 3.82. The van der Waals surface area contributed by atoms with Gasteiger partial charge in [0.25, 0.3) is 0 Å². The van der Waals surface area contributed by atoms with Crippen molar-refractivity contribution < 1.29 is 17.7 Å². The van der Waals surface area contributed by atoms with Crippen LogP contribution in [0.2, 0.25) is 0 Å². The zero-order chi connectivity index (χ0) is 9.90. The van der Waals surface area contributed by atoms with Crippen molar-refractivity contribution in [2.75, 3.05) is 7.11 Å². The van der Waals surface area contributed by atoms with Gasteiger partial charge in [0.15, 0.2) is 0 Å². The summed E-state index contributed by atoms with van der Waals surface area (Å²) in [7, 11) is 1.45. The normalized spacial score (nSPS) is 11.7. The van der Waals surface area contributed by atoms with E-state index in [1.54, 1.807) is 6.07 Å². The van der Waals surface area contributed by atoms with E-state index in [0.29, 0.717) is 5.56 Å². The predicted molar refractivity (Wildman–Crippen MR) is 45.9 cm³/mol. The lowest BCUT2D eigenvalue weighted by atomic mass is 9.79. The van der Waals surface area contributed by atoms with Crippen molar-refractivity contribution >= 4 is 12.4 Å². The van der Waals surface area contributed by atoms with Crippen LogP contribution in [-0.2, 0) is 11.3 Å². The summed E-state index contributed by atoms with van der Waals surface area (Å²) >= 11 is 0. The smallest absolute Gasteiger partial charge is 0.445 e. The van der Waals surface area contributed by atoms with E-state index in [4.69, 9.17) is 4.74 Å². The lowest BCUT2D eigenvalue weighted by Crippen LogP contribution is -2.34. The minimum atomic E-state index is -4.89. The molecule has 0 amide bonds. The van der Waals surface area contributed by atoms with E-state index in [2.05, 4.69) is 0 Å². The summed E-state index contributed by atoms with van der Waals surface area (Å²) < 4.78 is 41.4. The third kappa shape index (κ3) is 2.77. The van der Waals surface area contributed by atoms with E-state index in [0.717, 1.165) is 12.1 Å². The van der Waals surface area contributed by atoms with E-state index in [1.165, 1.54) is 13.2 Å². The van der Waals surface area contributed by atoms with E-state index < -0.39 is 12.4 Å². The molecule has 0 aromatic heterocycles. The van der Waals surface area contributed by atoms with Crippen LogP contribution in [0.25, 0.3) is 0 Å². The van der Waals surface area contributed by atoms with Crippen molar-refractivity contribution in [1.82, 2.24) is 0 Å². The fourth-order valence-electron chi connectivity index (χ4n) is 1.05. The summed E-state index contributed by atoms with van der Waals surface area (Å²) in [6.45, 7) is -4.68. The average Bonchev–Trinajstić information content (AvgIpc) is 2.04. The highest BCUT2D eigenvalue weighted by atomic mass is 19.4. The number of rotatable bonds is 3. The molecule has 0 radical (unpaired) electrons. The lowest BCUT2D eigenvalue weighted by Gasteiger charge is -2.15. The Hall–Kier alpha value is -0.965. The van der Waals surface area contributed by atoms with Crippen LogP contribution >= 0.6 is 0 Å². The Labute approximate surface area is 74.6 Å². The van der Waals surface area contributed by atoms with Crippen LogP contribution in [0.4, 0.5) is 12.9 Å². The van der Waals surface area contributed by atoms with Crippen LogP contribution in [-0.4, -0.2) is 14.1 Å². The molecular weight excluding hydrogens is 180 g/mol. The van der Waals surface area contributed by atoms with Gasteiger partial charge in [-0.3, -0.25) is 0 Å². The van der Waals surface area contributed by atoms with Gasteiger partial charge in [-0.15, -0.1) is 5.46 Å². The van der Waals surface area contributed by atoms with Crippen molar-refractivity contribution in [2.45, 2.75) is 6.61 Å².